The van der Waals surface area contributed by atoms with Crippen LogP contribution in [0.1, 0.15) is 57.2 Å². The normalized spacial score (nSPS) is 23.2. The van der Waals surface area contributed by atoms with E-state index in [-0.39, 0.29) is 23.8 Å². The van der Waals surface area contributed by atoms with E-state index in [1.54, 1.807) is 6.07 Å². The van der Waals surface area contributed by atoms with Crippen LogP contribution < -0.4 is 5.32 Å². The second-order valence-electron chi connectivity index (χ2n) is 8.29. The monoisotopic (exact) mass is 344 g/mol. The van der Waals surface area contributed by atoms with E-state index in [0.717, 1.165) is 43.4 Å². The van der Waals surface area contributed by atoms with Gasteiger partial charge in [0, 0.05) is 18.5 Å². The third-order valence-corrected chi connectivity index (χ3v) is 5.28. The summed E-state index contributed by atoms with van der Waals surface area (Å²) in [5, 5.41) is 13.1. The molecule has 136 valence electrons. The van der Waals surface area contributed by atoms with E-state index < -0.39 is 5.41 Å². The van der Waals surface area contributed by atoms with Crippen molar-refractivity contribution in [2.45, 2.75) is 52.5 Å². The number of fused-ring (bicyclic) bond motifs is 1. The minimum absolute atomic E-state index is 0.0209. The van der Waals surface area contributed by atoms with Crippen LogP contribution in [0, 0.1) is 11.3 Å². The minimum atomic E-state index is -0.416. The summed E-state index contributed by atoms with van der Waals surface area (Å²) in [6.07, 6.45) is 3.28. The van der Waals surface area contributed by atoms with E-state index in [9.17, 15) is 14.7 Å². The van der Waals surface area contributed by atoms with Crippen molar-refractivity contribution < 1.29 is 14.7 Å². The van der Waals surface area contributed by atoms with Crippen molar-refractivity contribution in [1.82, 2.24) is 10.2 Å². The molecule has 2 amide bonds. The Kier molecular flexibility index (Phi) is 4.76. The van der Waals surface area contributed by atoms with Gasteiger partial charge < -0.3 is 15.3 Å². The van der Waals surface area contributed by atoms with Crippen LogP contribution in [0.5, 0.6) is 5.75 Å². The molecular formula is C20H28N2O3. The lowest BCUT2D eigenvalue weighted by atomic mass is 9.90. The van der Waals surface area contributed by atoms with Gasteiger partial charge in [0.1, 0.15) is 5.75 Å². The second-order valence-corrected chi connectivity index (χ2v) is 8.29. The lowest BCUT2D eigenvalue weighted by Crippen LogP contribution is -2.49. The Morgan fingerprint density at radius 3 is 2.72 bits per heavy atom. The zero-order valence-corrected chi connectivity index (χ0v) is 15.3. The van der Waals surface area contributed by atoms with Crippen LogP contribution in [-0.2, 0) is 16.0 Å². The SMILES string of the molecule is CC(C)(C)C(=O)N1CCCC(C(=O)NC2CCc3c(O)cccc32)C1. The number of phenols is 1. The average molecular weight is 344 g/mol. The first-order valence-electron chi connectivity index (χ1n) is 9.18. The van der Waals surface area contributed by atoms with E-state index >= 15 is 0 Å². The quantitative estimate of drug-likeness (QED) is 0.867. The summed E-state index contributed by atoms with van der Waals surface area (Å²) >= 11 is 0. The van der Waals surface area contributed by atoms with Gasteiger partial charge in [-0.05, 0) is 42.9 Å². The fourth-order valence-electron chi connectivity index (χ4n) is 3.92. The summed E-state index contributed by atoms with van der Waals surface area (Å²) in [5.41, 5.74) is 1.55. The van der Waals surface area contributed by atoms with E-state index in [2.05, 4.69) is 5.32 Å². The van der Waals surface area contributed by atoms with Crippen molar-refractivity contribution in [2.24, 2.45) is 11.3 Å². The Morgan fingerprint density at radius 1 is 1.24 bits per heavy atom. The summed E-state index contributed by atoms with van der Waals surface area (Å²) < 4.78 is 0. The van der Waals surface area contributed by atoms with E-state index in [0.29, 0.717) is 12.3 Å². The molecule has 2 atom stereocenters. The molecule has 1 aliphatic carbocycles. The third-order valence-electron chi connectivity index (χ3n) is 5.28. The third kappa shape index (κ3) is 3.65. The highest BCUT2D eigenvalue weighted by molar-refractivity contribution is 5.84. The summed E-state index contributed by atoms with van der Waals surface area (Å²) in [4.78, 5) is 27.1. The molecule has 3 rings (SSSR count). The highest BCUT2D eigenvalue weighted by atomic mass is 16.3. The van der Waals surface area contributed by atoms with Gasteiger partial charge in [-0.1, -0.05) is 32.9 Å². The Morgan fingerprint density at radius 2 is 2.00 bits per heavy atom. The van der Waals surface area contributed by atoms with Crippen molar-refractivity contribution in [3.05, 3.63) is 29.3 Å². The van der Waals surface area contributed by atoms with E-state index in [1.165, 1.54) is 0 Å². The second kappa shape index (κ2) is 6.70. The zero-order chi connectivity index (χ0) is 18.2. The summed E-state index contributed by atoms with van der Waals surface area (Å²) in [6.45, 7) is 6.99. The molecule has 0 saturated carbocycles. The molecule has 25 heavy (non-hydrogen) atoms. The molecule has 1 fully saturated rings. The molecule has 5 nitrogen and oxygen atoms in total. The van der Waals surface area contributed by atoms with Crippen LogP contribution in [0.15, 0.2) is 18.2 Å². The van der Waals surface area contributed by atoms with Crippen molar-refractivity contribution in [3.63, 3.8) is 0 Å². The fraction of sp³-hybridized carbons (Fsp3) is 0.600. The predicted octanol–water partition coefficient (Wildman–Crippen LogP) is 2.78. The first kappa shape index (κ1) is 17.8. The highest BCUT2D eigenvalue weighted by Gasteiger charge is 2.35. The summed E-state index contributed by atoms with van der Waals surface area (Å²) in [6, 6.07) is 5.45. The lowest BCUT2D eigenvalue weighted by molar-refractivity contribution is -0.142. The molecular weight excluding hydrogens is 316 g/mol. The molecule has 2 N–H and O–H groups in total. The Labute approximate surface area is 149 Å². The van der Waals surface area contributed by atoms with Crippen molar-refractivity contribution in [2.75, 3.05) is 13.1 Å². The van der Waals surface area contributed by atoms with Gasteiger partial charge in [-0.15, -0.1) is 0 Å². The molecule has 0 bridgehead atoms. The largest absolute Gasteiger partial charge is 0.508 e. The average Bonchev–Trinajstić information content (AvgIpc) is 2.98. The number of amides is 2. The van der Waals surface area contributed by atoms with Gasteiger partial charge in [-0.3, -0.25) is 9.59 Å². The molecule has 0 spiro atoms. The van der Waals surface area contributed by atoms with Gasteiger partial charge in [0.25, 0.3) is 0 Å². The standard InChI is InChI=1S/C20H28N2O3/c1-20(2,3)19(25)22-11-5-6-13(12-22)18(24)21-16-10-9-15-14(16)7-4-8-17(15)23/h4,7-8,13,16,23H,5-6,9-12H2,1-3H3,(H,21,24). The number of phenolic OH excluding ortho intramolecular Hbond substituents is 1. The van der Waals surface area contributed by atoms with Gasteiger partial charge in [0.05, 0.1) is 12.0 Å². The number of aromatic hydroxyl groups is 1. The molecule has 1 heterocycles. The zero-order valence-electron chi connectivity index (χ0n) is 15.3. The van der Waals surface area contributed by atoms with Gasteiger partial charge in [-0.2, -0.15) is 0 Å². The first-order chi connectivity index (χ1) is 11.8. The fourth-order valence-corrected chi connectivity index (χ4v) is 3.92. The maximum Gasteiger partial charge on any atom is 0.227 e. The number of benzene rings is 1. The minimum Gasteiger partial charge on any atom is -0.508 e. The van der Waals surface area contributed by atoms with Gasteiger partial charge in [0.15, 0.2) is 0 Å². The van der Waals surface area contributed by atoms with Crippen molar-refractivity contribution in [3.8, 4) is 5.75 Å². The molecule has 0 radical (unpaired) electrons. The number of carbonyl (C=O) groups excluding carboxylic acids is 2. The van der Waals surface area contributed by atoms with Gasteiger partial charge >= 0.3 is 0 Å². The van der Waals surface area contributed by atoms with Crippen LogP contribution in [0.25, 0.3) is 0 Å². The maximum absolute atomic E-state index is 12.8. The lowest BCUT2D eigenvalue weighted by Gasteiger charge is -2.36. The molecule has 2 aliphatic rings. The summed E-state index contributed by atoms with van der Waals surface area (Å²) in [7, 11) is 0. The smallest absolute Gasteiger partial charge is 0.227 e. The molecule has 1 saturated heterocycles. The molecule has 1 aliphatic heterocycles. The number of nitrogens with zero attached hydrogens (tertiary/aromatic N) is 1. The Hall–Kier alpha value is -2.04. The van der Waals surface area contributed by atoms with Crippen LogP contribution in [0.4, 0.5) is 0 Å². The topological polar surface area (TPSA) is 69.6 Å². The number of piperidine rings is 1. The van der Waals surface area contributed by atoms with Crippen molar-refractivity contribution in [1.29, 1.82) is 0 Å². The maximum atomic E-state index is 12.8. The summed E-state index contributed by atoms with van der Waals surface area (Å²) in [5.74, 6) is 0.295. The number of rotatable bonds is 2. The number of hydrogen-bond acceptors (Lipinski definition) is 3. The molecule has 1 aromatic rings. The number of likely N-dealkylation sites (tertiary alicyclic amines) is 1. The molecule has 2 unspecified atom stereocenters. The van der Waals surface area contributed by atoms with Crippen LogP contribution in [0.2, 0.25) is 0 Å². The Bertz CT molecular complexity index is 678. The molecule has 1 aromatic carbocycles. The van der Waals surface area contributed by atoms with Gasteiger partial charge in [0.2, 0.25) is 11.8 Å². The first-order valence-corrected chi connectivity index (χ1v) is 9.18. The van der Waals surface area contributed by atoms with Crippen LogP contribution in [-0.4, -0.2) is 34.9 Å². The molecule has 5 heteroatoms. The van der Waals surface area contributed by atoms with Crippen LogP contribution in [0.3, 0.4) is 0 Å². The number of nitrogens with one attached hydrogen (secondary N) is 1. The Balaban J connectivity index is 1.65. The van der Waals surface area contributed by atoms with Crippen molar-refractivity contribution >= 4 is 11.8 Å². The number of hydrogen-bond donors (Lipinski definition) is 2. The van der Waals surface area contributed by atoms with Gasteiger partial charge in [-0.25, -0.2) is 0 Å². The number of carbonyl (C=O) groups is 2. The van der Waals surface area contributed by atoms with E-state index in [1.807, 2.05) is 37.8 Å². The van der Waals surface area contributed by atoms with Crippen LogP contribution >= 0.6 is 0 Å². The highest BCUT2D eigenvalue weighted by Crippen LogP contribution is 2.36. The molecule has 0 aromatic heterocycles. The predicted molar refractivity (Wildman–Crippen MR) is 96.1 cm³/mol. The van der Waals surface area contributed by atoms with E-state index in [4.69, 9.17) is 0 Å².